The summed E-state index contributed by atoms with van der Waals surface area (Å²) in [7, 11) is 0. The van der Waals surface area contributed by atoms with Gasteiger partial charge in [-0.3, -0.25) is 4.79 Å². The molecule has 0 bridgehead atoms. The third-order valence-corrected chi connectivity index (χ3v) is 5.86. The number of nitrogens with zero attached hydrogens (tertiary/aromatic N) is 3. The molecule has 1 N–H and O–H groups in total. The average Bonchev–Trinajstić information content (AvgIpc) is 3.52. The number of benzene rings is 3. The van der Waals surface area contributed by atoms with Gasteiger partial charge in [-0.2, -0.15) is 0 Å². The second-order valence-corrected chi connectivity index (χ2v) is 8.59. The van der Waals surface area contributed by atoms with E-state index < -0.39 is 0 Å². The molecule has 36 heavy (non-hydrogen) atoms. The van der Waals surface area contributed by atoms with Gasteiger partial charge < -0.3 is 14.3 Å². The predicted molar refractivity (Wildman–Crippen MR) is 137 cm³/mol. The quantitative estimate of drug-likeness (QED) is 0.284. The minimum Gasteiger partial charge on any atom is -0.441 e. The van der Waals surface area contributed by atoms with Gasteiger partial charge in [-0.1, -0.05) is 60.2 Å². The Labute approximate surface area is 208 Å². The van der Waals surface area contributed by atoms with Crippen LogP contribution < -0.4 is 5.32 Å². The molecule has 7 heteroatoms. The second-order valence-electron chi connectivity index (χ2n) is 8.59. The van der Waals surface area contributed by atoms with Crippen LogP contribution in [0, 0.1) is 12.7 Å². The summed E-state index contributed by atoms with van der Waals surface area (Å²) in [5.74, 6) is 1.21. The Kier molecular flexibility index (Phi) is 6.71. The number of hydrogen-bond donors (Lipinski definition) is 1. The van der Waals surface area contributed by atoms with Gasteiger partial charge in [0.05, 0.1) is 19.1 Å². The third kappa shape index (κ3) is 5.41. The Morgan fingerprint density at radius 3 is 2.42 bits per heavy atom. The Morgan fingerprint density at radius 1 is 0.944 bits per heavy atom. The van der Waals surface area contributed by atoms with Gasteiger partial charge in [-0.25, -0.2) is 14.4 Å². The SMILES string of the molecule is Cc1ccc(-c2cnc(CCC(=O)Nc3c(-c4ccc(F)cc4)ncn3Cc3ccccc3)o2)cc1. The molecular formula is C29H25FN4O2. The number of amides is 1. The van der Waals surface area contributed by atoms with Crippen molar-refractivity contribution >= 4 is 11.7 Å². The highest BCUT2D eigenvalue weighted by molar-refractivity contribution is 5.93. The van der Waals surface area contributed by atoms with Crippen LogP contribution in [0.2, 0.25) is 0 Å². The molecule has 0 aliphatic heterocycles. The van der Waals surface area contributed by atoms with Crippen LogP contribution in [0.25, 0.3) is 22.6 Å². The molecule has 0 saturated carbocycles. The number of rotatable bonds is 8. The first kappa shape index (κ1) is 23.2. The lowest BCUT2D eigenvalue weighted by molar-refractivity contribution is -0.116. The summed E-state index contributed by atoms with van der Waals surface area (Å²) in [6.45, 7) is 2.56. The van der Waals surface area contributed by atoms with Gasteiger partial charge in [0.25, 0.3) is 0 Å². The number of imidazole rings is 1. The molecule has 3 aromatic carbocycles. The van der Waals surface area contributed by atoms with Gasteiger partial charge in [0.2, 0.25) is 5.91 Å². The molecule has 2 aromatic heterocycles. The van der Waals surface area contributed by atoms with Crippen molar-refractivity contribution in [1.29, 1.82) is 0 Å². The number of carbonyl (C=O) groups is 1. The summed E-state index contributed by atoms with van der Waals surface area (Å²) >= 11 is 0. The van der Waals surface area contributed by atoms with Crippen molar-refractivity contribution in [3.63, 3.8) is 0 Å². The highest BCUT2D eigenvalue weighted by atomic mass is 19.1. The van der Waals surface area contributed by atoms with Gasteiger partial charge in [-0.15, -0.1) is 0 Å². The monoisotopic (exact) mass is 480 g/mol. The zero-order valence-electron chi connectivity index (χ0n) is 19.8. The number of halogens is 1. The minimum atomic E-state index is -0.330. The largest absolute Gasteiger partial charge is 0.441 e. The Hall–Kier alpha value is -4.52. The van der Waals surface area contributed by atoms with Crippen molar-refractivity contribution in [2.24, 2.45) is 0 Å². The van der Waals surface area contributed by atoms with Gasteiger partial charge in [0, 0.05) is 24.0 Å². The highest BCUT2D eigenvalue weighted by Crippen LogP contribution is 2.28. The molecule has 6 nitrogen and oxygen atoms in total. The number of anilines is 1. The van der Waals surface area contributed by atoms with E-state index in [-0.39, 0.29) is 18.1 Å². The van der Waals surface area contributed by atoms with Crippen LogP contribution in [-0.4, -0.2) is 20.4 Å². The molecule has 180 valence electrons. The first-order chi connectivity index (χ1) is 17.5. The van der Waals surface area contributed by atoms with Crippen LogP contribution >= 0.6 is 0 Å². The number of hydrogen-bond acceptors (Lipinski definition) is 4. The van der Waals surface area contributed by atoms with Gasteiger partial charge in [0.15, 0.2) is 11.7 Å². The van der Waals surface area contributed by atoms with E-state index in [9.17, 15) is 9.18 Å². The number of oxazole rings is 1. The molecule has 0 atom stereocenters. The van der Waals surface area contributed by atoms with E-state index in [4.69, 9.17) is 4.42 Å². The summed E-state index contributed by atoms with van der Waals surface area (Å²) in [6, 6.07) is 24.0. The van der Waals surface area contributed by atoms with E-state index >= 15 is 0 Å². The molecule has 0 unspecified atom stereocenters. The van der Waals surface area contributed by atoms with Crippen LogP contribution in [0.1, 0.15) is 23.4 Å². The van der Waals surface area contributed by atoms with Gasteiger partial charge >= 0.3 is 0 Å². The zero-order chi connectivity index (χ0) is 24.9. The van der Waals surface area contributed by atoms with Gasteiger partial charge in [-0.05, 0) is 36.8 Å². The van der Waals surface area contributed by atoms with Crippen LogP contribution in [0.5, 0.6) is 0 Å². The summed E-state index contributed by atoms with van der Waals surface area (Å²) in [4.78, 5) is 21.8. The van der Waals surface area contributed by atoms with Crippen molar-refractivity contribution in [2.45, 2.75) is 26.3 Å². The molecule has 2 heterocycles. The van der Waals surface area contributed by atoms with Crippen LogP contribution in [0.15, 0.2) is 95.8 Å². The fourth-order valence-corrected chi connectivity index (χ4v) is 3.92. The standard InChI is InChI=1S/C29H25FN4O2/c1-20-7-9-22(10-8-20)25-17-31-27(36-25)16-15-26(35)33-29-28(23-11-13-24(30)14-12-23)32-19-34(29)18-21-5-3-2-4-6-21/h2-14,17,19H,15-16,18H2,1H3,(H,33,35). The lowest BCUT2D eigenvalue weighted by Gasteiger charge is -2.12. The van der Waals surface area contributed by atoms with Crippen LogP contribution in [0.4, 0.5) is 10.2 Å². The van der Waals surface area contributed by atoms with Crippen LogP contribution in [-0.2, 0) is 17.8 Å². The molecule has 0 spiro atoms. The normalized spacial score (nSPS) is 10.9. The fraction of sp³-hybridized carbons (Fsp3) is 0.138. The van der Waals surface area contributed by atoms with Crippen molar-refractivity contribution < 1.29 is 13.6 Å². The van der Waals surface area contributed by atoms with Crippen molar-refractivity contribution in [3.05, 3.63) is 114 Å². The smallest absolute Gasteiger partial charge is 0.226 e. The molecule has 0 fully saturated rings. The van der Waals surface area contributed by atoms with E-state index in [2.05, 4.69) is 15.3 Å². The second kappa shape index (κ2) is 10.4. The number of nitrogens with one attached hydrogen (secondary N) is 1. The van der Waals surface area contributed by atoms with E-state index in [0.717, 1.165) is 11.1 Å². The van der Waals surface area contributed by atoms with E-state index in [1.807, 2.05) is 66.1 Å². The van der Waals surface area contributed by atoms with E-state index in [1.165, 1.54) is 17.7 Å². The number of aromatic nitrogens is 3. The molecule has 0 aliphatic carbocycles. The predicted octanol–water partition coefficient (Wildman–Crippen LogP) is 6.27. The van der Waals surface area contributed by atoms with E-state index in [0.29, 0.717) is 41.7 Å². The highest BCUT2D eigenvalue weighted by Gasteiger charge is 2.17. The summed E-state index contributed by atoms with van der Waals surface area (Å²) in [5, 5.41) is 3.01. The third-order valence-electron chi connectivity index (χ3n) is 5.86. The maximum absolute atomic E-state index is 13.5. The van der Waals surface area contributed by atoms with Crippen LogP contribution in [0.3, 0.4) is 0 Å². The molecule has 0 saturated heterocycles. The molecular weight excluding hydrogens is 455 g/mol. The lowest BCUT2D eigenvalue weighted by atomic mass is 10.1. The molecule has 0 radical (unpaired) electrons. The molecule has 0 aliphatic rings. The van der Waals surface area contributed by atoms with E-state index in [1.54, 1.807) is 24.7 Å². The summed E-state index contributed by atoms with van der Waals surface area (Å²) < 4.78 is 21.2. The maximum atomic E-state index is 13.5. The first-order valence-electron chi connectivity index (χ1n) is 11.7. The average molecular weight is 481 g/mol. The van der Waals surface area contributed by atoms with Crippen molar-refractivity contribution in [3.8, 4) is 22.6 Å². The zero-order valence-corrected chi connectivity index (χ0v) is 19.8. The maximum Gasteiger partial charge on any atom is 0.226 e. The summed E-state index contributed by atoms with van der Waals surface area (Å²) in [6.07, 6.45) is 3.91. The lowest BCUT2D eigenvalue weighted by Crippen LogP contribution is -2.16. The molecule has 5 rings (SSSR count). The fourth-order valence-electron chi connectivity index (χ4n) is 3.92. The minimum absolute atomic E-state index is 0.188. The topological polar surface area (TPSA) is 73.0 Å². The summed E-state index contributed by atoms with van der Waals surface area (Å²) in [5.41, 5.74) is 4.48. The van der Waals surface area contributed by atoms with Crippen molar-refractivity contribution in [1.82, 2.24) is 14.5 Å². The molecule has 5 aromatic rings. The Bertz CT molecular complexity index is 1460. The van der Waals surface area contributed by atoms with Crippen molar-refractivity contribution in [2.75, 3.05) is 5.32 Å². The number of carbonyl (C=O) groups excluding carboxylic acids is 1. The van der Waals surface area contributed by atoms with Gasteiger partial charge in [0.1, 0.15) is 17.3 Å². The Morgan fingerprint density at radius 2 is 1.67 bits per heavy atom. The number of aryl methyl sites for hydroxylation is 2. The first-order valence-corrected chi connectivity index (χ1v) is 11.7. The molecule has 1 amide bonds. The Balaban J connectivity index is 1.32.